The van der Waals surface area contributed by atoms with Gasteiger partial charge >= 0.3 is 11.9 Å². The third-order valence-electron chi connectivity index (χ3n) is 5.09. The predicted octanol–water partition coefficient (Wildman–Crippen LogP) is 4.13. The molecular formula is C24H37NO5. The van der Waals surface area contributed by atoms with Crippen LogP contribution in [-0.4, -0.2) is 37.0 Å². The van der Waals surface area contributed by atoms with Crippen LogP contribution >= 0.6 is 0 Å². The molecule has 0 bridgehead atoms. The molecule has 6 heteroatoms. The van der Waals surface area contributed by atoms with Gasteiger partial charge in [-0.05, 0) is 43.7 Å². The zero-order valence-corrected chi connectivity index (χ0v) is 18.4. The first-order chi connectivity index (χ1) is 15.5. The van der Waals surface area contributed by atoms with Gasteiger partial charge in [-0.1, -0.05) is 63.3 Å². The van der Waals surface area contributed by atoms with Crippen molar-refractivity contribution in [1.82, 2.24) is 5.32 Å². The first-order valence-corrected chi connectivity index (χ1v) is 10.8. The second-order valence-electron chi connectivity index (χ2n) is 7.53. The predicted molar refractivity (Wildman–Crippen MR) is 117 cm³/mol. The molecule has 0 saturated carbocycles. The Labute approximate surface area is 184 Å². The number of aryl methyl sites for hydroxylation is 2. The lowest BCUT2D eigenvalue weighted by Crippen LogP contribution is -2.61. The highest BCUT2D eigenvalue weighted by atomic mass is 16.6. The molecule has 0 aliphatic heterocycles. The number of carbonyl (C=O) groups is 3. The van der Waals surface area contributed by atoms with Crippen molar-refractivity contribution >= 4 is 17.8 Å². The van der Waals surface area contributed by atoms with E-state index in [1.54, 1.807) is 6.92 Å². The van der Waals surface area contributed by atoms with Gasteiger partial charge in [0.1, 0.15) is 0 Å². The van der Waals surface area contributed by atoms with Crippen molar-refractivity contribution in [3.05, 3.63) is 35.4 Å². The van der Waals surface area contributed by atoms with Crippen LogP contribution in [0.4, 0.5) is 0 Å². The van der Waals surface area contributed by atoms with Gasteiger partial charge in [0.2, 0.25) is 11.4 Å². The maximum atomic E-state index is 12.7. The zero-order chi connectivity index (χ0) is 24.9. The number of nitrogens with one attached hydrogen (secondary N) is 1. The van der Waals surface area contributed by atoms with Crippen LogP contribution in [0.1, 0.15) is 81.0 Å². The molecule has 1 aromatic rings. The van der Waals surface area contributed by atoms with E-state index in [1.807, 2.05) is 24.3 Å². The number of methoxy groups -OCH3 is 1. The van der Waals surface area contributed by atoms with Crippen molar-refractivity contribution in [3.63, 3.8) is 0 Å². The van der Waals surface area contributed by atoms with E-state index < -0.39 is 30.4 Å². The van der Waals surface area contributed by atoms with Gasteiger partial charge in [0.25, 0.3) is 0 Å². The van der Waals surface area contributed by atoms with E-state index >= 15 is 0 Å². The summed E-state index contributed by atoms with van der Waals surface area (Å²) in [6, 6.07) is 7.83. The molecule has 0 radical (unpaired) electrons. The zero-order valence-electron chi connectivity index (χ0n) is 21.4. The highest BCUT2D eigenvalue weighted by Gasteiger charge is 2.49. The van der Waals surface area contributed by atoms with E-state index in [4.69, 9.17) is 8.85 Å². The number of ether oxygens (including phenoxy) is 2. The van der Waals surface area contributed by atoms with Crippen LogP contribution in [0.3, 0.4) is 0 Å². The maximum absolute atomic E-state index is 12.7. The second-order valence-corrected chi connectivity index (χ2v) is 7.53. The Bertz CT molecular complexity index is 764. The lowest BCUT2D eigenvalue weighted by molar-refractivity contribution is -0.167. The summed E-state index contributed by atoms with van der Waals surface area (Å²) in [5.41, 5.74) is -0.204. The van der Waals surface area contributed by atoms with Gasteiger partial charge in [-0.15, -0.1) is 0 Å². The molecule has 6 nitrogen and oxygen atoms in total. The summed E-state index contributed by atoms with van der Waals surface area (Å²) in [4.78, 5) is 37.2. The number of rotatable bonds is 14. The van der Waals surface area contributed by atoms with Crippen LogP contribution in [0, 0.1) is 0 Å². The van der Waals surface area contributed by atoms with Crippen LogP contribution < -0.4 is 5.32 Å². The fourth-order valence-electron chi connectivity index (χ4n) is 3.41. The van der Waals surface area contributed by atoms with E-state index in [0.29, 0.717) is 0 Å². The monoisotopic (exact) mass is 422 g/mol. The van der Waals surface area contributed by atoms with E-state index in [9.17, 15) is 14.4 Å². The van der Waals surface area contributed by atoms with Crippen LogP contribution in [0.25, 0.3) is 0 Å². The summed E-state index contributed by atoms with van der Waals surface area (Å²) >= 11 is 0. The van der Waals surface area contributed by atoms with Gasteiger partial charge in [0.15, 0.2) is 0 Å². The Morgan fingerprint density at radius 3 is 2.10 bits per heavy atom. The van der Waals surface area contributed by atoms with E-state index in [0.717, 1.165) is 25.3 Å². The van der Waals surface area contributed by atoms with Gasteiger partial charge in [-0.3, -0.25) is 4.79 Å². The topological polar surface area (TPSA) is 81.7 Å². The van der Waals surface area contributed by atoms with E-state index in [-0.39, 0.29) is 19.4 Å². The van der Waals surface area contributed by atoms with Gasteiger partial charge in [0.05, 0.1) is 17.8 Å². The average Bonchev–Trinajstić information content (AvgIpc) is 2.73. The Hall–Kier alpha value is -2.37. The van der Waals surface area contributed by atoms with Gasteiger partial charge < -0.3 is 14.8 Å². The molecule has 0 aliphatic rings. The molecule has 1 N–H and O–H groups in total. The standard InChI is InChI=1S/C24H37NO5/c1-5-7-8-9-10-11-12-20-13-15-21(16-14-20)17-18-24(22(27)29-4,25-19(3)26)23(28)30-6-2/h13-16H,5-12,17-18H2,1-4H3,(H,25,26)/i4D3. The molecule has 168 valence electrons. The maximum Gasteiger partial charge on any atom is 0.343 e. The number of hydrogen-bond donors (Lipinski definition) is 1. The molecule has 0 heterocycles. The molecule has 0 aromatic heterocycles. The smallest absolute Gasteiger partial charge is 0.343 e. The van der Waals surface area contributed by atoms with Gasteiger partial charge in [-0.2, -0.15) is 0 Å². The normalized spacial score (nSPS) is 14.6. The third-order valence-corrected chi connectivity index (χ3v) is 5.09. The Kier molecular flexibility index (Phi) is 9.59. The number of benzene rings is 1. The minimum Gasteiger partial charge on any atom is -0.467 e. The molecule has 0 fully saturated rings. The first-order valence-electron chi connectivity index (χ1n) is 12.3. The van der Waals surface area contributed by atoms with Crippen molar-refractivity contribution in [2.75, 3.05) is 13.6 Å². The molecule has 0 aliphatic carbocycles. The molecule has 30 heavy (non-hydrogen) atoms. The number of unbranched alkanes of at least 4 members (excludes halogenated alkanes) is 5. The summed E-state index contributed by atoms with van der Waals surface area (Å²) in [5, 5.41) is 2.29. The number of carbonyl (C=O) groups excluding carboxylic acids is 3. The quantitative estimate of drug-likeness (QED) is 0.277. The van der Waals surface area contributed by atoms with Crippen molar-refractivity contribution in [1.29, 1.82) is 0 Å². The Morgan fingerprint density at radius 1 is 0.933 bits per heavy atom. The van der Waals surface area contributed by atoms with Crippen molar-refractivity contribution < 1.29 is 28.0 Å². The van der Waals surface area contributed by atoms with Crippen LogP contribution in [0.15, 0.2) is 24.3 Å². The second kappa shape index (κ2) is 13.8. The molecule has 0 spiro atoms. The molecule has 1 atom stereocenters. The Morgan fingerprint density at radius 2 is 1.53 bits per heavy atom. The average molecular weight is 423 g/mol. The largest absolute Gasteiger partial charge is 0.467 e. The third kappa shape index (κ3) is 8.17. The number of esters is 2. The lowest BCUT2D eigenvalue weighted by Gasteiger charge is -2.29. The summed E-state index contributed by atoms with van der Waals surface area (Å²) in [6.07, 6.45) is 8.37. The molecule has 1 rings (SSSR count). The fraction of sp³-hybridized carbons (Fsp3) is 0.625. The molecule has 1 aromatic carbocycles. The summed E-state index contributed by atoms with van der Waals surface area (Å²) < 4.78 is 31.1. The van der Waals surface area contributed by atoms with Crippen molar-refractivity contribution in [3.8, 4) is 0 Å². The van der Waals surface area contributed by atoms with Crippen molar-refractivity contribution in [2.24, 2.45) is 0 Å². The van der Waals surface area contributed by atoms with E-state index in [1.165, 1.54) is 37.7 Å². The summed E-state index contributed by atoms with van der Waals surface area (Å²) in [5.74, 6) is -3.09. The van der Waals surface area contributed by atoms with Gasteiger partial charge in [0, 0.05) is 6.92 Å². The van der Waals surface area contributed by atoms with Gasteiger partial charge in [-0.25, -0.2) is 9.59 Å². The van der Waals surface area contributed by atoms with Crippen LogP contribution in [-0.2, 0) is 36.7 Å². The fourth-order valence-corrected chi connectivity index (χ4v) is 3.41. The van der Waals surface area contributed by atoms with Crippen LogP contribution in [0.5, 0.6) is 0 Å². The summed E-state index contributed by atoms with van der Waals surface area (Å²) in [7, 11) is -3.06. The number of amides is 1. The molecule has 0 saturated heterocycles. The molecule has 1 amide bonds. The highest BCUT2D eigenvalue weighted by Crippen LogP contribution is 2.20. The summed E-state index contributed by atoms with van der Waals surface area (Å²) in [6.45, 7) is 4.83. The minimum absolute atomic E-state index is 0.0473. The van der Waals surface area contributed by atoms with Crippen LogP contribution in [0.2, 0.25) is 0 Å². The number of hydrogen-bond acceptors (Lipinski definition) is 5. The van der Waals surface area contributed by atoms with E-state index in [2.05, 4.69) is 17.0 Å². The SMILES string of the molecule is [2H]C([2H])([2H])OC(=O)C(CCc1ccc(CCCCCCCC)cc1)(NC(C)=O)C(=O)OCC. The minimum atomic E-state index is -3.06. The molecular weight excluding hydrogens is 382 g/mol. The first kappa shape index (κ1) is 20.9. The van der Waals surface area contributed by atoms with Crippen molar-refractivity contribution in [2.45, 2.75) is 84.1 Å². The highest BCUT2D eigenvalue weighted by molar-refractivity contribution is 6.07. The molecule has 1 unspecified atom stereocenters. The lowest BCUT2D eigenvalue weighted by atomic mass is 9.90. The Balaban J connectivity index is 2.89.